The Morgan fingerprint density at radius 2 is 1.90 bits per heavy atom. The predicted octanol–water partition coefficient (Wildman–Crippen LogP) is 4.02. The average molecular weight is 345 g/mol. The van der Waals surface area contributed by atoms with Gasteiger partial charge in [-0.3, -0.25) is 4.79 Å². The lowest BCUT2D eigenvalue weighted by atomic mass is 10.1. The third kappa shape index (κ3) is 2.14. The van der Waals surface area contributed by atoms with Gasteiger partial charge in [-0.05, 0) is 35.3 Å². The van der Waals surface area contributed by atoms with Crippen LogP contribution in [0.15, 0.2) is 39.2 Å². The maximum Gasteiger partial charge on any atom is 0.230 e. The summed E-state index contributed by atoms with van der Waals surface area (Å²) in [6.45, 7) is 3.79. The van der Waals surface area contributed by atoms with Crippen LogP contribution in [0.25, 0.3) is 11.1 Å². The van der Waals surface area contributed by atoms with Crippen molar-refractivity contribution in [2.75, 3.05) is 5.73 Å². The summed E-state index contributed by atoms with van der Waals surface area (Å²) in [4.78, 5) is 16.9. The van der Waals surface area contributed by atoms with Crippen LogP contribution in [0.5, 0.6) is 0 Å². The third-order valence-corrected chi connectivity index (χ3v) is 4.63. The number of carbonyl (C=O) groups excluding carboxylic acids is 1. The highest BCUT2D eigenvalue weighted by Gasteiger charge is 2.23. The van der Waals surface area contributed by atoms with Gasteiger partial charge >= 0.3 is 0 Å². The summed E-state index contributed by atoms with van der Waals surface area (Å²) in [6.07, 6.45) is 0. The fraction of sp³-hybridized carbons (Fsp3) is 0.125. The Hall–Kier alpha value is -2.14. The van der Waals surface area contributed by atoms with E-state index in [2.05, 4.69) is 20.9 Å². The molecule has 2 aromatic heterocycles. The van der Waals surface area contributed by atoms with Crippen molar-refractivity contribution in [2.24, 2.45) is 0 Å². The van der Waals surface area contributed by atoms with Crippen LogP contribution in [0.4, 0.5) is 5.69 Å². The van der Waals surface area contributed by atoms with E-state index in [0.717, 1.165) is 15.7 Å². The second kappa shape index (κ2) is 5.00. The van der Waals surface area contributed by atoms with E-state index in [1.807, 2.05) is 19.9 Å². The van der Waals surface area contributed by atoms with E-state index >= 15 is 0 Å². The molecule has 0 bridgehead atoms. The van der Waals surface area contributed by atoms with Crippen molar-refractivity contribution in [1.29, 1.82) is 0 Å². The zero-order valence-corrected chi connectivity index (χ0v) is 13.2. The molecule has 0 saturated heterocycles. The van der Waals surface area contributed by atoms with Gasteiger partial charge in [0.25, 0.3) is 0 Å². The normalized spacial score (nSPS) is 11.0. The van der Waals surface area contributed by atoms with Crippen LogP contribution in [0, 0.1) is 13.8 Å². The summed E-state index contributed by atoms with van der Waals surface area (Å²) in [5.74, 6) is -0.0939. The number of furan rings is 1. The van der Waals surface area contributed by atoms with Gasteiger partial charge in [-0.25, -0.2) is 4.98 Å². The van der Waals surface area contributed by atoms with E-state index in [4.69, 9.17) is 10.2 Å². The highest BCUT2D eigenvalue weighted by molar-refractivity contribution is 9.10. The molecule has 2 heterocycles. The Morgan fingerprint density at radius 1 is 1.24 bits per heavy atom. The van der Waals surface area contributed by atoms with Gasteiger partial charge < -0.3 is 10.2 Å². The summed E-state index contributed by atoms with van der Waals surface area (Å²) in [5.41, 5.74) is 9.11. The molecule has 106 valence electrons. The molecule has 5 heteroatoms. The number of ketones is 1. The predicted molar refractivity (Wildman–Crippen MR) is 85.5 cm³/mol. The minimum absolute atomic E-state index is 0.143. The molecule has 21 heavy (non-hydrogen) atoms. The number of hydrogen-bond acceptors (Lipinski definition) is 4. The molecule has 3 rings (SSSR count). The summed E-state index contributed by atoms with van der Waals surface area (Å²) in [6, 6.07) is 8.92. The number of nitrogens with two attached hydrogens (primary N) is 1. The first-order chi connectivity index (χ1) is 10.0. The van der Waals surface area contributed by atoms with Crippen LogP contribution < -0.4 is 5.73 Å². The molecule has 0 aliphatic heterocycles. The Labute approximate surface area is 130 Å². The van der Waals surface area contributed by atoms with Crippen molar-refractivity contribution in [3.8, 4) is 0 Å². The van der Waals surface area contributed by atoms with Crippen LogP contribution in [-0.4, -0.2) is 10.8 Å². The van der Waals surface area contributed by atoms with Gasteiger partial charge in [-0.15, -0.1) is 0 Å². The van der Waals surface area contributed by atoms with E-state index in [0.29, 0.717) is 22.4 Å². The number of halogens is 1. The number of hydrogen-bond donors (Lipinski definition) is 1. The average Bonchev–Trinajstić information content (AvgIpc) is 2.82. The standard InChI is InChI=1S/C16H13BrN2O2/c1-8-11-13(18)15(14(20)10-6-4-3-5-7-10)21-16(11)19-9(2)12(8)17/h3-7H,18H2,1-2H3. The fourth-order valence-corrected chi connectivity index (χ4v) is 2.63. The van der Waals surface area contributed by atoms with Gasteiger partial charge in [0, 0.05) is 10.0 Å². The highest BCUT2D eigenvalue weighted by atomic mass is 79.9. The number of carbonyl (C=O) groups is 1. The number of nitrogen functional groups attached to an aromatic ring is 1. The number of benzene rings is 1. The van der Waals surface area contributed by atoms with Gasteiger partial charge in [0.1, 0.15) is 0 Å². The summed E-state index contributed by atoms with van der Waals surface area (Å²) in [5, 5.41) is 0.687. The van der Waals surface area contributed by atoms with Crippen LogP contribution in [-0.2, 0) is 0 Å². The largest absolute Gasteiger partial charge is 0.432 e. The number of nitrogens with zero attached hydrogens (tertiary/aromatic N) is 1. The molecule has 0 aliphatic rings. The molecule has 0 saturated carbocycles. The number of fused-ring (bicyclic) bond motifs is 1. The maximum absolute atomic E-state index is 12.5. The molecule has 4 nitrogen and oxygen atoms in total. The number of pyridine rings is 1. The molecular weight excluding hydrogens is 332 g/mol. The first-order valence-electron chi connectivity index (χ1n) is 6.45. The maximum atomic E-state index is 12.5. The molecule has 0 aliphatic carbocycles. The lowest BCUT2D eigenvalue weighted by molar-refractivity contribution is 0.101. The second-order valence-corrected chi connectivity index (χ2v) is 5.65. The Bertz CT molecular complexity index is 854. The lowest BCUT2D eigenvalue weighted by Gasteiger charge is -2.02. The van der Waals surface area contributed by atoms with Crippen molar-refractivity contribution < 1.29 is 9.21 Å². The van der Waals surface area contributed by atoms with Gasteiger partial charge in [0.05, 0.1) is 16.8 Å². The second-order valence-electron chi connectivity index (χ2n) is 4.86. The fourth-order valence-electron chi connectivity index (χ4n) is 2.34. The first kappa shape index (κ1) is 13.8. The van der Waals surface area contributed by atoms with E-state index in [1.54, 1.807) is 24.3 Å². The molecular formula is C16H13BrN2O2. The van der Waals surface area contributed by atoms with Gasteiger partial charge in [0.2, 0.25) is 17.3 Å². The summed E-state index contributed by atoms with van der Waals surface area (Å²) in [7, 11) is 0. The van der Waals surface area contributed by atoms with Crippen LogP contribution in [0.2, 0.25) is 0 Å². The van der Waals surface area contributed by atoms with E-state index in [9.17, 15) is 4.79 Å². The van der Waals surface area contributed by atoms with Crippen molar-refractivity contribution >= 4 is 38.5 Å². The molecule has 2 N–H and O–H groups in total. The van der Waals surface area contributed by atoms with E-state index in [-0.39, 0.29) is 11.5 Å². The molecule has 0 radical (unpaired) electrons. The number of anilines is 1. The van der Waals surface area contributed by atoms with Gasteiger partial charge in [0.15, 0.2) is 0 Å². The van der Waals surface area contributed by atoms with Crippen LogP contribution >= 0.6 is 15.9 Å². The van der Waals surface area contributed by atoms with Gasteiger partial charge in [-0.2, -0.15) is 0 Å². The smallest absolute Gasteiger partial charge is 0.230 e. The summed E-state index contributed by atoms with van der Waals surface area (Å²) >= 11 is 3.48. The van der Waals surface area contributed by atoms with Gasteiger partial charge in [-0.1, -0.05) is 30.3 Å². The Balaban J connectivity index is 2.24. The van der Waals surface area contributed by atoms with Crippen LogP contribution in [0.1, 0.15) is 27.4 Å². The van der Waals surface area contributed by atoms with Crippen molar-refractivity contribution in [2.45, 2.75) is 13.8 Å². The molecule has 0 amide bonds. The van der Waals surface area contributed by atoms with E-state index < -0.39 is 0 Å². The Morgan fingerprint density at radius 3 is 2.57 bits per heavy atom. The minimum atomic E-state index is -0.237. The topological polar surface area (TPSA) is 69.1 Å². The zero-order chi connectivity index (χ0) is 15.1. The summed E-state index contributed by atoms with van der Waals surface area (Å²) < 4.78 is 6.50. The molecule has 1 aromatic carbocycles. The molecule has 3 aromatic rings. The highest BCUT2D eigenvalue weighted by Crippen LogP contribution is 2.35. The quantitative estimate of drug-likeness (QED) is 0.712. The number of rotatable bonds is 2. The van der Waals surface area contributed by atoms with Crippen LogP contribution in [0.3, 0.4) is 0 Å². The third-order valence-electron chi connectivity index (χ3n) is 3.46. The monoisotopic (exact) mass is 344 g/mol. The molecule has 0 spiro atoms. The lowest BCUT2D eigenvalue weighted by Crippen LogP contribution is -2.02. The SMILES string of the molecule is Cc1nc2oc(C(=O)c3ccccc3)c(N)c2c(C)c1Br. The minimum Gasteiger partial charge on any atom is -0.432 e. The van der Waals surface area contributed by atoms with Crippen molar-refractivity contribution in [3.05, 3.63) is 57.4 Å². The van der Waals surface area contributed by atoms with Crippen molar-refractivity contribution in [1.82, 2.24) is 4.98 Å². The molecule has 0 fully saturated rings. The first-order valence-corrected chi connectivity index (χ1v) is 7.24. The number of aryl methyl sites for hydroxylation is 2. The zero-order valence-electron chi connectivity index (χ0n) is 11.6. The molecule has 0 unspecified atom stereocenters. The van der Waals surface area contributed by atoms with Crippen molar-refractivity contribution in [3.63, 3.8) is 0 Å². The number of aromatic nitrogens is 1. The molecule has 0 atom stereocenters. The Kier molecular flexibility index (Phi) is 3.29. The van der Waals surface area contributed by atoms with E-state index in [1.165, 1.54) is 0 Å².